The van der Waals surface area contributed by atoms with Crippen LogP contribution in [0.15, 0.2) is 59.9 Å². The van der Waals surface area contributed by atoms with Crippen molar-refractivity contribution in [2.75, 3.05) is 10.5 Å². The number of fused-ring (bicyclic) bond motifs is 1. The van der Waals surface area contributed by atoms with Gasteiger partial charge in [-0.05, 0) is 38.1 Å². The second-order valence-corrected chi connectivity index (χ2v) is 8.93. The van der Waals surface area contributed by atoms with E-state index in [2.05, 4.69) is 19.7 Å². The molecule has 0 amide bonds. The molecule has 1 aromatic carbocycles. The SMILES string of the molecule is CC(C)n1cc(C(=O)c2cccc(NS(=O)(=O)c3ccccc3F)n2)c2c(N)ncnc21. The van der Waals surface area contributed by atoms with Crippen LogP contribution in [-0.2, 0) is 10.0 Å². The van der Waals surface area contributed by atoms with E-state index in [0.717, 1.165) is 12.1 Å². The lowest BCUT2D eigenvalue weighted by Gasteiger charge is -2.09. The fourth-order valence-corrected chi connectivity index (χ4v) is 4.37. The summed E-state index contributed by atoms with van der Waals surface area (Å²) in [6, 6.07) is 9.25. The quantitative estimate of drug-likeness (QED) is 0.428. The number of anilines is 2. The number of sulfonamides is 1. The minimum absolute atomic E-state index is 0.000206. The maximum absolute atomic E-state index is 14.0. The zero-order chi connectivity index (χ0) is 23.0. The maximum Gasteiger partial charge on any atom is 0.265 e. The van der Waals surface area contributed by atoms with Crippen molar-refractivity contribution in [2.24, 2.45) is 0 Å². The zero-order valence-electron chi connectivity index (χ0n) is 17.2. The molecule has 0 saturated carbocycles. The summed E-state index contributed by atoms with van der Waals surface area (Å²) in [6.07, 6.45) is 2.95. The van der Waals surface area contributed by atoms with Gasteiger partial charge in [0.2, 0.25) is 5.78 Å². The molecule has 0 radical (unpaired) electrons. The molecule has 4 aromatic rings. The third-order valence-corrected chi connectivity index (χ3v) is 6.17. The zero-order valence-corrected chi connectivity index (χ0v) is 18.0. The fraction of sp³-hybridized carbons (Fsp3) is 0.143. The van der Waals surface area contributed by atoms with Crippen LogP contribution in [-0.4, -0.2) is 33.7 Å². The molecule has 0 aliphatic heterocycles. The van der Waals surface area contributed by atoms with Gasteiger partial charge in [0.15, 0.2) is 0 Å². The van der Waals surface area contributed by atoms with E-state index in [1.807, 2.05) is 13.8 Å². The number of carbonyl (C=O) groups excluding carboxylic acids is 1. The largest absolute Gasteiger partial charge is 0.383 e. The van der Waals surface area contributed by atoms with E-state index in [4.69, 9.17) is 5.73 Å². The molecule has 0 atom stereocenters. The van der Waals surface area contributed by atoms with Crippen molar-refractivity contribution in [1.29, 1.82) is 0 Å². The number of hydrogen-bond acceptors (Lipinski definition) is 7. The predicted molar refractivity (Wildman–Crippen MR) is 117 cm³/mol. The molecule has 0 unspecified atom stereocenters. The summed E-state index contributed by atoms with van der Waals surface area (Å²) in [5.41, 5.74) is 6.74. The molecule has 32 heavy (non-hydrogen) atoms. The summed E-state index contributed by atoms with van der Waals surface area (Å²) < 4.78 is 43.1. The molecule has 9 nitrogen and oxygen atoms in total. The number of carbonyl (C=O) groups is 1. The summed E-state index contributed by atoms with van der Waals surface area (Å²) in [6.45, 7) is 3.87. The van der Waals surface area contributed by atoms with Gasteiger partial charge in [0.1, 0.15) is 40.0 Å². The highest BCUT2D eigenvalue weighted by atomic mass is 32.2. The van der Waals surface area contributed by atoms with E-state index in [0.29, 0.717) is 11.0 Å². The molecule has 4 rings (SSSR count). The van der Waals surface area contributed by atoms with Crippen LogP contribution in [0.3, 0.4) is 0 Å². The molecular weight excluding hydrogens is 435 g/mol. The standard InChI is InChI=1S/C21H19FN6O3S/c1-12(2)28-10-13(18-20(23)24-11-25-21(18)28)19(29)15-7-5-9-17(26-15)27-32(30,31)16-8-4-3-6-14(16)22/h3-12H,1-2H3,(H,26,27)(H2,23,24,25). The Bertz CT molecular complexity index is 1450. The van der Waals surface area contributed by atoms with Gasteiger partial charge in [0, 0.05) is 12.2 Å². The Hall–Kier alpha value is -3.86. The molecule has 0 fully saturated rings. The highest BCUT2D eigenvalue weighted by Crippen LogP contribution is 2.28. The number of nitrogens with zero attached hydrogens (tertiary/aromatic N) is 4. The molecule has 3 N–H and O–H groups in total. The smallest absolute Gasteiger partial charge is 0.265 e. The lowest BCUT2D eigenvalue weighted by Crippen LogP contribution is -2.16. The van der Waals surface area contributed by atoms with E-state index in [1.54, 1.807) is 10.8 Å². The molecule has 0 saturated heterocycles. The van der Waals surface area contributed by atoms with E-state index in [9.17, 15) is 17.6 Å². The van der Waals surface area contributed by atoms with E-state index in [1.165, 1.54) is 36.7 Å². The van der Waals surface area contributed by atoms with Gasteiger partial charge >= 0.3 is 0 Å². The van der Waals surface area contributed by atoms with Gasteiger partial charge in [-0.15, -0.1) is 0 Å². The van der Waals surface area contributed by atoms with Crippen LogP contribution in [0.4, 0.5) is 16.0 Å². The first-order valence-electron chi connectivity index (χ1n) is 9.59. The topological polar surface area (TPSA) is 133 Å². The van der Waals surface area contributed by atoms with Gasteiger partial charge < -0.3 is 10.3 Å². The number of nitrogens with two attached hydrogens (primary N) is 1. The lowest BCUT2D eigenvalue weighted by molar-refractivity contribution is 0.103. The molecule has 0 spiro atoms. The molecule has 0 bridgehead atoms. The maximum atomic E-state index is 14.0. The third-order valence-electron chi connectivity index (χ3n) is 4.79. The number of aromatic nitrogens is 4. The van der Waals surface area contributed by atoms with Crippen molar-refractivity contribution in [3.05, 3.63) is 72.1 Å². The Labute approximate surface area is 183 Å². The molecule has 3 heterocycles. The molecule has 0 aliphatic rings. The molecule has 0 aliphatic carbocycles. The molecule has 164 valence electrons. The second-order valence-electron chi connectivity index (χ2n) is 7.27. The summed E-state index contributed by atoms with van der Waals surface area (Å²) in [7, 11) is -4.24. The van der Waals surface area contributed by atoms with Crippen molar-refractivity contribution >= 4 is 38.5 Å². The number of pyridine rings is 1. The van der Waals surface area contributed by atoms with Crippen LogP contribution in [0.25, 0.3) is 11.0 Å². The molecular formula is C21H19FN6O3S. The minimum atomic E-state index is -4.24. The van der Waals surface area contributed by atoms with Crippen LogP contribution < -0.4 is 10.5 Å². The Kier molecular flexibility index (Phi) is 5.35. The number of halogens is 1. The molecule has 3 aromatic heterocycles. The summed E-state index contributed by atoms with van der Waals surface area (Å²) in [5, 5.41) is 0.394. The van der Waals surface area contributed by atoms with Crippen LogP contribution in [0.2, 0.25) is 0 Å². The highest BCUT2D eigenvalue weighted by molar-refractivity contribution is 7.92. The van der Waals surface area contributed by atoms with Gasteiger partial charge in [-0.25, -0.2) is 27.8 Å². The Balaban J connectivity index is 1.74. The first kappa shape index (κ1) is 21.4. The normalized spacial score (nSPS) is 11.8. The van der Waals surface area contributed by atoms with Gasteiger partial charge in [0.05, 0.1) is 10.9 Å². The average molecular weight is 454 g/mol. The van der Waals surface area contributed by atoms with Crippen molar-refractivity contribution in [2.45, 2.75) is 24.8 Å². The van der Waals surface area contributed by atoms with Crippen LogP contribution in [0.1, 0.15) is 35.9 Å². The number of ketones is 1. The summed E-state index contributed by atoms with van der Waals surface area (Å²) in [5.74, 6) is -1.36. The minimum Gasteiger partial charge on any atom is -0.383 e. The van der Waals surface area contributed by atoms with Gasteiger partial charge in [-0.1, -0.05) is 18.2 Å². The summed E-state index contributed by atoms with van der Waals surface area (Å²) in [4.78, 5) is 25.1. The van der Waals surface area contributed by atoms with E-state index in [-0.39, 0.29) is 28.9 Å². The van der Waals surface area contributed by atoms with Gasteiger partial charge in [0.25, 0.3) is 10.0 Å². The number of rotatable bonds is 6. The van der Waals surface area contributed by atoms with Crippen molar-refractivity contribution in [1.82, 2.24) is 19.5 Å². The summed E-state index contributed by atoms with van der Waals surface area (Å²) >= 11 is 0. The predicted octanol–water partition coefficient (Wildman–Crippen LogP) is 3.16. The fourth-order valence-electron chi connectivity index (χ4n) is 3.29. The Morgan fingerprint density at radius 1 is 1.12 bits per heavy atom. The van der Waals surface area contributed by atoms with E-state index >= 15 is 0 Å². The average Bonchev–Trinajstić information content (AvgIpc) is 3.14. The van der Waals surface area contributed by atoms with E-state index < -0.39 is 26.5 Å². The monoisotopic (exact) mass is 454 g/mol. The number of hydrogen-bond donors (Lipinski definition) is 2. The second kappa shape index (κ2) is 8.00. The first-order chi connectivity index (χ1) is 15.2. The lowest BCUT2D eigenvalue weighted by atomic mass is 10.1. The van der Waals surface area contributed by atoms with Crippen LogP contribution >= 0.6 is 0 Å². The van der Waals surface area contributed by atoms with Gasteiger partial charge in [-0.2, -0.15) is 0 Å². The highest BCUT2D eigenvalue weighted by Gasteiger charge is 2.23. The van der Waals surface area contributed by atoms with Crippen molar-refractivity contribution < 1.29 is 17.6 Å². The Morgan fingerprint density at radius 2 is 1.88 bits per heavy atom. The van der Waals surface area contributed by atoms with Crippen LogP contribution in [0, 0.1) is 5.82 Å². The number of nitrogens with one attached hydrogen (secondary N) is 1. The van der Waals surface area contributed by atoms with Crippen LogP contribution in [0.5, 0.6) is 0 Å². The molecule has 11 heteroatoms. The van der Waals surface area contributed by atoms with Crippen molar-refractivity contribution in [3.8, 4) is 0 Å². The Morgan fingerprint density at radius 3 is 2.59 bits per heavy atom. The number of nitrogen functional groups attached to an aromatic ring is 1. The first-order valence-corrected chi connectivity index (χ1v) is 11.1. The number of benzene rings is 1. The van der Waals surface area contributed by atoms with Gasteiger partial charge in [-0.3, -0.25) is 9.52 Å². The van der Waals surface area contributed by atoms with Crippen molar-refractivity contribution in [3.63, 3.8) is 0 Å². The third kappa shape index (κ3) is 3.78.